The van der Waals surface area contributed by atoms with E-state index in [0.29, 0.717) is 44.0 Å². The van der Waals surface area contributed by atoms with Gasteiger partial charge in [-0.1, -0.05) is 17.7 Å². The van der Waals surface area contributed by atoms with Gasteiger partial charge in [0.2, 0.25) is 15.9 Å². The summed E-state index contributed by atoms with van der Waals surface area (Å²) in [7, 11) is -3.49. The predicted octanol–water partition coefficient (Wildman–Crippen LogP) is 2.48. The second-order valence-corrected chi connectivity index (χ2v) is 9.58. The number of nitrogens with zero attached hydrogens (tertiary/aromatic N) is 2. The van der Waals surface area contributed by atoms with Gasteiger partial charge in [-0.15, -0.1) is 0 Å². The minimum absolute atomic E-state index is 0.0811. The van der Waals surface area contributed by atoms with Crippen LogP contribution in [0.15, 0.2) is 23.1 Å². The van der Waals surface area contributed by atoms with Crippen molar-refractivity contribution >= 4 is 15.9 Å². The summed E-state index contributed by atoms with van der Waals surface area (Å²) < 4.78 is 33.1. The molecule has 0 atom stereocenters. The normalized spacial score (nSPS) is 20.6. The molecule has 0 radical (unpaired) electrons. The number of sulfonamides is 1. The van der Waals surface area contributed by atoms with Crippen LogP contribution in [-0.4, -0.2) is 61.9 Å². The van der Waals surface area contributed by atoms with Crippen molar-refractivity contribution in [2.45, 2.75) is 63.4 Å². The van der Waals surface area contributed by atoms with Crippen LogP contribution in [0, 0.1) is 13.8 Å². The van der Waals surface area contributed by atoms with Crippen LogP contribution in [0.5, 0.6) is 0 Å². The molecule has 2 heterocycles. The summed E-state index contributed by atoms with van der Waals surface area (Å²) in [6.45, 7) is 7.70. The maximum Gasteiger partial charge on any atom is 0.243 e. The molecule has 1 aromatic carbocycles. The lowest BCUT2D eigenvalue weighted by Crippen LogP contribution is -2.53. The van der Waals surface area contributed by atoms with Gasteiger partial charge in [0.05, 0.1) is 4.90 Å². The number of carbonyl (C=O) groups excluding carboxylic acids is 1. The molecule has 27 heavy (non-hydrogen) atoms. The Morgan fingerprint density at radius 3 is 2.22 bits per heavy atom. The molecule has 2 aliphatic rings. The maximum atomic E-state index is 13.1. The Balaban J connectivity index is 1.71. The number of hydrogen-bond donors (Lipinski definition) is 0. The molecule has 0 unspecified atom stereocenters. The molecule has 1 amide bonds. The molecule has 0 spiro atoms. The minimum Gasteiger partial charge on any atom is -0.381 e. The molecule has 7 heteroatoms. The summed E-state index contributed by atoms with van der Waals surface area (Å²) in [5.74, 6) is 0.0811. The Morgan fingerprint density at radius 2 is 1.67 bits per heavy atom. The van der Waals surface area contributed by atoms with Crippen molar-refractivity contribution in [3.63, 3.8) is 0 Å². The zero-order chi connectivity index (χ0) is 19.6. The van der Waals surface area contributed by atoms with Crippen molar-refractivity contribution in [3.8, 4) is 0 Å². The summed E-state index contributed by atoms with van der Waals surface area (Å²) >= 11 is 0. The Hall–Kier alpha value is -1.44. The van der Waals surface area contributed by atoms with E-state index in [9.17, 15) is 13.2 Å². The molecule has 1 aromatic rings. The third-order valence-electron chi connectivity index (χ3n) is 5.71. The van der Waals surface area contributed by atoms with Gasteiger partial charge in [0, 0.05) is 45.3 Å². The average molecular weight is 395 g/mol. The molecule has 2 fully saturated rings. The molecule has 6 nitrogen and oxygen atoms in total. The summed E-state index contributed by atoms with van der Waals surface area (Å²) in [6, 6.07) is 5.77. The maximum absolute atomic E-state index is 13.1. The van der Waals surface area contributed by atoms with Crippen LogP contribution in [0.1, 0.15) is 43.7 Å². The molecular weight excluding hydrogens is 364 g/mol. The lowest BCUT2D eigenvalue weighted by Gasteiger charge is -2.43. The molecule has 2 aliphatic heterocycles. The highest BCUT2D eigenvalue weighted by atomic mass is 32.2. The Morgan fingerprint density at radius 1 is 1.07 bits per heavy atom. The second kappa shape index (κ2) is 8.29. The number of carbonyl (C=O) groups is 1. The monoisotopic (exact) mass is 394 g/mol. The number of aryl methyl sites for hydroxylation is 2. The molecule has 0 aromatic heterocycles. The number of amides is 1. The molecule has 0 N–H and O–H groups in total. The van der Waals surface area contributed by atoms with E-state index in [4.69, 9.17) is 4.74 Å². The fourth-order valence-electron chi connectivity index (χ4n) is 4.36. The summed E-state index contributed by atoms with van der Waals surface area (Å²) in [6.07, 6.45) is 3.09. The van der Waals surface area contributed by atoms with Crippen molar-refractivity contribution in [1.82, 2.24) is 9.21 Å². The van der Waals surface area contributed by atoms with Gasteiger partial charge >= 0.3 is 0 Å². The zero-order valence-corrected chi connectivity index (χ0v) is 17.3. The minimum atomic E-state index is -3.49. The predicted molar refractivity (Wildman–Crippen MR) is 104 cm³/mol. The van der Waals surface area contributed by atoms with E-state index in [0.717, 1.165) is 24.0 Å². The number of ether oxygens (including phenoxy) is 1. The first-order valence-corrected chi connectivity index (χ1v) is 11.2. The molecular formula is C20H30N2O4S. The number of hydrogen-bond acceptors (Lipinski definition) is 4. The van der Waals surface area contributed by atoms with Gasteiger partial charge in [-0.25, -0.2) is 8.42 Å². The first-order valence-electron chi connectivity index (χ1n) is 9.74. The van der Waals surface area contributed by atoms with Crippen molar-refractivity contribution in [1.29, 1.82) is 0 Å². The summed E-state index contributed by atoms with van der Waals surface area (Å²) in [4.78, 5) is 14.7. The number of benzene rings is 1. The van der Waals surface area contributed by atoms with Crippen molar-refractivity contribution in [3.05, 3.63) is 29.3 Å². The summed E-state index contributed by atoms with van der Waals surface area (Å²) in [5.41, 5.74) is 1.84. The Labute approximate surface area is 162 Å². The fourth-order valence-corrected chi connectivity index (χ4v) is 6.04. The SMILES string of the molecule is CC(=O)N(C1CCOCC1)C1CCN(S(=O)(=O)c2ccc(C)cc2C)CC1. The van der Waals surface area contributed by atoms with Crippen LogP contribution < -0.4 is 0 Å². The smallest absolute Gasteiger partial charge is 0.243 e. The Bertz CT molecular complexity index is 779. The third-order valence-corrected chi connectivity index (χ3v) is 7.77. The summed E-state index contributed by atoms with van der Waals surface area (Å²) in [5, 5.41) is 0. The number of rotatable bonds is 4. The van der Waals surface area contributed by atoms with E-state index in [2.05, 4.69) is 0 Å². The van der Waals surface area contributed by atoms with Crippen LogP contribution in [0.3, 0.4) is 0 Å². The van der Waals surface area contributed by atoms with Crippen LogP contribution >= 0.6 is 0 Å². The van der Waals surface area contributed by atoms with E-state index in [1.807, 2.05) is 30.9 Å². The van der Waals surface area contributed by atoms with E-state index >= 15 is 0 Å². The fraction of sp³-hybridized carbons (Fsp3) is 0.650. The second-order valence-electron chi connectivity index (χ2n) is 7.67. The number of piperidine rings is 1. The first-order chi connectivity index (χ1) is 12.8. The van der Waals surface area contributed by atoms with Crippen LogP contribution in [0.4, 0.5) is 0 Å². The van der Waals surface area contributed by atoms with E-state index in [-0.39, 0.29) is 18.0 Å². The van der Waals surface area contributed by atoms with Gasteiger partial charge in [0.15, 0.2) is 0 Å². The van der Waals surface area contributed by atoms with Gasteiger partial charge in [0.25, 0.3) is 0 Å². The van der Waals surface area contributed by atoms with Crippen molar-refractivity contribution < 1.29 is 17.9 Å². The lowest BCUT2D eigenvalue weighted by atomic mass is 9.99. The van der Waals surface area contributed by atoms with E-state index in [1.54, 1.807) is 17.3 Å². The van der Waals surface area contributed by atoms with Crippen LogP contribution in [-0.2, 0) is 19.6 Å². The molecule has 2 saturated heterocycles. The van der Waals surface area contributed by atoms with Gasteiger partial charge in [-0.3, -0.25) is 4.79 Å². The first kappa shape index (κ1) is 20.3. The van der Waals surface area contributed by atoms with Gasteiger partial charge in [0.1, 0.15) is 0 Å². The standard InChI is InChI=1S/C20H30N2O4S/c1-15-4-5-20(16(2)14-15)27(24,25)21-10-6-18(7-11-21)22(17(3)23)19-8-12-26-13-9-19/h4-5,14,18-19H,6-13H2,1-3H3. The van der Waals surface area contributed by atoms with Gasteiger partial charge in [-0.05, 0) is 51.2 Å². The molecule has 3 rings (SSSR count). The van der Waals surface area contributed by atoms with Crippen molar-refractivity contribution in [2.24, 2.45) is 0 Å². The van der Waals surface area contributed by atoms with Crippen LogP contribution in [0.2, 0.25) is 0 Å². The topological polar surface area (TPSA) is 66.9 Å². The molecule has 150 valence electrons. The van der Waals surface area contributed by atoms with E-state index < -0.39 is 10.0 Å². The highest BCUT2D eigenvalue weighted by molar-refractivity contribution is 7.89. The average Bonchev–Trinajstić information content (AvgIpc) is 2.62. The van der Waals surface area contributed by atoms with Gasteiger partial charge in [-0.2, -0.15) is 4.31 Å². The van der Waals surface area contributed by atoms with Crippen LogP contribution in [0.25, 0.3) is 0 Å². The van der Waals surface area contributed by atoms with Gasteiger partial charge < -0.3 is 9.64 Å². The van der Waals surface area contributed by atoms with Crippen molar-refractivity contribution in [2.75, 3.05) is 26.3 Å². The zero-order valence-electron chi connectivity index (χ0n) is 16.5. The third kappa shape index (κ3) is 4.36. The lowest BCUT2D eigenvalue weighted by molar-refractivity contribution is -0.137. The molecule has 0 bridgehead atoms. The molecule has 0 saturated carbocycles. The largest absolute Gasteiger partial charge is 0.381 e. The highest BCUT2D eigenvalue weighted by Crippen LogP contribution is 2.28. The quantitative estimate of drug-likeness (QED) is 0.787. The van der Waals surface area contributed by atoms with E-state index in [1.165, 1.54) is 0 Å². The Kier molecular flexibility index (Phi) is 6.23. The molecule has 0 aliphatic carbocycles. The highest BCUT2D eigenvalue weighted by Gasteiger charge is 2.36.